The highest BCUT2D eigenvalue weighted by Gasteiger charge is 2.44. The monoisotopic (exact) mass is 904 g/mol. The van der Waals surface area contributed by atoms with Crippen LogP contribution in [0.15, 0.2) is 70.7 Å². The highest BCUT2D eigenvalue weighted by Crippen LogP contribution is 2.37. The van der Waals surface area contributed by atoms with Crippen molar-refractivity contribution in [2.24, 2.45) is 11.8 Å². The first-order valence-electron chi connectivity index (χ1n) is 23.0. The highest BCUT2D eigenvalue weighted by atomic mass is 32.1. The van der Waals surface area contributed by atoms with Gasteiger partial charge in [0.15, 0.2) is 11.6 Å². The normalized spacial score (nSPS) is 21.4. The standard InChI is InChI=1S/C48H60N10O6S/c1-29(2)44(48(62)58-27-36(59)21-40(58)47(61)51-30(3)33-9-11-34(12-10-33)45-31(4)50-28-65-45)42-23-43(54-64-42)63-20-19-55-15-13-32(14-16-55)25-56-17-18-57-35(26-56)24-49-46-39(57)22-38(52-53-46)37-7-5-6-8-41(37)60/h5-12,22-23,28-30,32,35-36,40,44,59-60H,13-21,24-27H2,1-4H3,(H,49,53)(H,51,61). The fourth-order valence-corrected chi connectivity index (χ4v) is 10.8. The number of hydrogen-bond acceptors (Lipinski definition) is 15. The zero-order valence-electron chi connectivity index (χ0n) is 37.6. The Labute approximate surface area is 384 Å². The van der Waals surface area contributed by atoms with E-state index in [9.17, 15) is 19.8 Å². The van der Waals surface area contributed by atoms with Crippen molar-refractivity contribution in [3.63, 3.8) is 0 Å². The molecule has 9 rings (SSSR count). The van der Waals surface area contributed by atoms with Gasteiger partial charge in [0.1, 0.15) is 24.3 Å². The Bertz CT molecular complexity index is 2440. The van der Waals surface area contributed by atoms with Crippen LogP contribution in [0.3, 0.4) is 0 Å². The molecular weight excluding hydrogens is 845 g/mol. The molecule has 0 saturated carbocycles. The van der Waals surface area contributed by atoms with E-state index < -0.39 is 18.1 Å². The molecule has 0 aliphatic carbocycles. The molecule has 3 saturated heterocycles. The second-order valence-corrected chi connectivity index (χ2v) is 19.3. The average molecular weight is 905 g/mol. The Morgan fingerprint density at radius 3 is 2.55 bits per heavy atom. The number of para-hydroxylation sites is 1. The summed E-state index contributed by atoms with van der Waals surface area (Å²) in [4.78, 5) is 42.4. The number of aliphatic hydroxyl groups excluding tert-OH is 1. The molecule has 4 aliphatic heterocycles. The Balaban J connectivity index is 0.725. The predicted molar refractivity (Wildman–Crippen MR) is 249 cm³/mol. The number of carbonyl (C=O) groups excluding carboxylic acids is 2. The second kappa shape index (κ2) is 19.5. The van der Waals surface area contributed by atoms with Crippen molar-refractivity contribution in [1.29, 1.82) is 0 Å². The molecule has 0 bridgehead atoms. The molecule has 5 unspecified atom stereocenters. The molecule has 4 N–H and O–H groups in total. The number of piperidine rings is 1. The van der Waals surface area contributed by atoms with Crippen molar-refractivity contribution in [1.82, 2.24) is 40.4 Å². The summed E-state index contributed by atoms with van der Waals surface area (Å²) in [6.07, 6.45) is 1.60. The van der Waals surface area contributed by atoms with E-state index in [4.69, 9.17) is 9.26 Å². The number of benzene rings is 2. The summed E-state index contributed by atoms with van der Waals surface area (Å²) in [6, 6.07) is 18.3. The van der Waals surface area contributed by atoms with E-state index in [1.54, 1.807) is 23.5 Å². The number of aryl methyl sites for hydroxylation is 1. The van der Waals surface area contributed by atoms with Crippen LogP contribution in [0.2, 0.25) is 0 Å². The van der Waals surface area contributed by atoms with Gasteiger partial charge in [-0.15, -0.1) is 21.5 Å². The number of fused-ring (bicyclic) bond motifs is 3. The zero-order chi connectivity index (χ0) is 45.2. The fourth-order valence-electron chi connectivity index (χ4n) is 9.98. The predicted octanol–water partition coefficient (Wildman–Crippen LogP) is 5.56. The molecule has 0 radical (unpaired) electrons. The first-order valence-corrected chi connectivity index (χ1v) is 23.9. The first kappa shape index (κ1) is 44.6. The maximum atomic E-state index is 14.2. The van der Waals surface area contributed by atoms with Crippen LogP contribution < -0.4 is 20.3 Å². The second-order valence-electron chi connectivity index (χ2n) is 18.4. The number of nitrogens with zero attached hydrogens (tertiary/aromatic N) is 8. The molecule has 5 aromatic rings. The van der Waals surface area contributed by atoms with Gasteiger partial charge in [-0.3, -0.25) is 19.4 Å². The maximum Gasteiger partial charge on any atom is 0.254 e. The van der Waals surface area contributed by atoms with Gasteiger partial charge in [0.25, 0.3) is 5.88 Å². The smallest absolute Gasteiger partial charge is 0.254 e. The van der Waals surface area contributed by atoms with E-state index in [0.717, 1.165) is 98.4 Å². The minimum absolute atomic E-state index is 0.0643. The molecule has 3 aromatic heterocycles. The summed E-state index contributed by atoms with van der Waals surface area (Å²) in [6.45, 7) is 15.8. The van der Waals surface area contributed by atoms with Crippen LogP contribution in [0.25, 0.3) is 21.7 Å². The number of ether oxygens (including phenoxy) is 1. The lowest BCUT2D eigenvalue weighted by molar-refractivity contribution is -0.141. The van der Waals surface area contributed by atoms with Gasteiger partial charge in [0.05, 0.1) is 45.7 Å². The largest absolute Gasteiger partial charge is 0.507 e. The summed E-state index contributed by atoms with van der Waals surface area (Å²) >= 11 is 1.59. The molecule has 5 atom stereocenters. The third-order valence-electron chi connectivity index (χ3n) is 13.6. The summed E-state index contributed by atoms with van der Waals surface area (Å²) in [7, 11) is 0. The Morgan fingerprint density at radius 1 is 1.00 bits per heavy atom. The molecule has 65 heavy (non-hydrogen) atoms. The molecule has 2 amide bonds. The zero-order valence-corrected chi connectivity index (χ0v) is 38.4. The van der Waals surface area contributed by atoms with E-state index in [1.165, 1.54) is 4.90 Å². The molecular formula is C48H60N10O6S. The number of phenols is 1. The average Bonchev–Trinajstić information content (AvgIpc) is 4.07. The molecule has 0 spiro atoms. The number of nitrogens with one attached hydrogen (secondary N) is 2. The number of rotatable bonds is 14. The van der Waals surface area contributed by atoms with E-state index >= 15 is 0 Å². The van der Waals surface area contributed by atoms with Crippen molar-refractivity contribution in [3.05, 3.63) is 83.2 Å². The Morgan fingerprint density at radius 2 is 1.80 bits per heavy atom. The third kappa shape index (κ3) is 9.83. The molecule has 344 valence electrons. The SMILES string of the molecule is Cc1ncsc1-c1ccc(C(C)NC(=O)C2CC(O)CN2C(=O)C(c2cc(OCCN3CCC(CN4CCN5c6cc(-c7ccccc7O)nnc6NCC5C4)CC3)no2)C(C)C)cc1. The molecule has 7 heterocycles. The number of amides is 2. The minimum atomic E-state index is -0.817. The maximum absolute atomic E-state index is 14.2. The number of β-amino-alcohol motifs (C(OH)–C–C–N with tert-alkyl or cyclic N) is 1. The number of hydrogen-bond donors (Lipinski definition) is 4. The van der Waals surface area contributed by atoms with Crippen LogP contribution in [0.4, 0.5) is 11.5 Å². The Hall–Kier alpha value is -5.62. The number of phenolic OH excluding ortho intramolecular Hbond substituents is 1. The summed E-state index contributed by atoms with van der Waals surface area (Å²) in [5.41, 5.74) is 7.23. The van der Waals surface area contributed by atoms with Gasteiger partial charge in [-0.25, -0.2) is 4.98 Å². The molecule has 4 aliphatic rings. The van der Waals surface area contributed by atoms with Gasteiger partial charge in [0.2, 0.25) is 11.8 Å². The quantitative estimate of drug-likeness (QED) is 0.109. The van der Waals surface area contributed by atoms with Crippen molar-refractivity contribution < 1.29 is 29.1 Å². The lowest BCUT2D eigenvalue weighted by Gasteiger charge is -2.47. The lowest BCUT2D eigenvalue weighted by Crippen LogP contribution is -2.58. The van der Waals surface area contributed by atoms with Crippen molar-refractivity contribution in [2.75, 3.05) is 75.7 Å². The van der Waals surface area contributed by atoms with E-state index in [2.05, 4.69) is 45.7 Å². The fraction of sp³-hybridized carbons (Fsp3) is 0.500. The van der Waals surface area contributed by atoms with E-state index in [-0.39, 0.29) is 42.5 Å². The molecule has 16 nitrogen and oxygen atoms in total. The number of anilines is 2. The van der Waals surface area contributed by atoms with Crippen LogP contribution in [-0.4, -0.2) is 141 Å². The number of aliphatic hydroxyl groups is 1. The molecule has 17 heteroatoms. The highest BCUT2D eigenvalue weighted by molar-refractivity contribution is 7.13. The minimum Gasteiger partial charge on any atom is -0.507 e. The van der Waals surface area contributed by atoms with Crippen LogP contribution >= 0.6 is 11.3 Å². The number of thiazole rings is 1. The van der Waals surface area contributed by atoms with Crippen LogP contribution in [0.1, 0.15) is 69.0 Å². The van der Waals surface area contributed by atoms with Gasteiger partial charge in [-0.05, 0) is 86.1 Å². The number of likely N-dealkylation sites (tertiary alicyclic amines) is 2. The summed E-state index contributed by atoms with van der Waals surface area (Å²) in [5.74, 6) is 0.887. The summed E-state index contributed by atoms with van der Waals surface area (Å²) < 4.78 is 11.8. The molecule has 2 aromatic carbocycles. The van der Waals surface area contributed by atoms with Crippen molar-refractivity contribution in [2.45, 2.75) is 77.1 Å². The number of carbonyl (C=O) groups is 2. The number of aromatic nitrogens is 4. The van der Waals surface area contributed by atoms with Crippen LogP contribution in [0.5, 0.6) is 11.6 Å². The van der Waals surface area contributed by atoms with E-state index in [0.29, 0.717) is 41.5 Å². The van der Waals surface area contributed by atoms with Gasteiger partial charge in [-0.2, -0.15) is 0 Å². The Kier molecular flexibility index (Phi) is 13.3. The van der Waals surface area contributed by atoms with Crippen LogP contribution in [-0.2, 0) is 9.59 Å². The summed E-state index contributed by atoms with van der Waals surface area (Å²) in [5, 5.41) is 40.7. The topological polar surface area (TPSA) is 186 Å². The molecule has 3 fully saturated rings. The van der Waals surface area contributed by atoms with Gasteiger partial charge in [0, 0.05) is 63.9 Å². The third-order valence-corrected chi connectivity index (χ3v) is 14.6. The number of piperazine rings is 1. The van der Waals surface area contributed by atoms with Crippen molar-refractivity contribution in [3.8, 4) is 33.3 Å². The van der Waals surface area contributed by atoms with Gasteiger partial charge >= 0.3 is 0 Å². The lowest BCUT2D eigenvalue weighted by atomic mass is 9.91. The van der Waals surface area contributed by atoms with Gasteiger partial charge < -0.3 is 39.9 Å². The number of aromatic hydroxyl groups is 1. The van der Waals surface area contributed by atoms with Gasteiger partial charge in [-0.1, -0.05) is 50.2 Å². The van der Waals surface area contributed by atoms with Crippen molar-refractivity contribution >= 4 is 34.7 Å². The van der Waals surface area contributed by atoms with Crippen LogP contribution in [0, 0.1) is 18.8 Å². The first-order chi connectivity index (χ1) is 31.5. The van der Waals surface area contributed by atoms with E-state index in [1.807, 2.05) is 81.7 Å².